The first-order valence-electron chi connectivity index (χ1n) is 5.49. The lowest BCUT2D eigenvalue weighted by Crippen LogP contribution is -2.40. The number of hydrogen-bond acceptors (Lipinski definition) is 7. The van der Waals surface area contributed by atoms with Gasteiger partial charge in [0, 0.05) is 6.54 Å². The molecule has 0 saturated carbocycles. The molecule has 2 heterocycles. The van der Waals surface area contributed by atoms with Gasteiger partial charge in [-0.1, -0.05) is 11.3 Å². The van der Waals surface area contributed by atoms with E-state index in [9.17, 15) is 4.79 Å². The third kappa shape index (κ3) is 3.11. The minimum absolute atomic E-state index is 0.0382. The molecule has 1 aliphatic rings. The number of carbonyl (C=O) groups is 1. The zero-order valence-electron chi connectivity index (χ0n) is 9.43. The molecule has 1 amide bonds. The molecule has 1 fully saturated rings. The van der Waals surface area contributed by atoms with Gasteiger partial charge in [0.05, 0.1) is 12.5 Å². The first-order valence-corrected chi connectivity index (χ1v) is 6.31. The topological polar surface area (TPSA) is 110 Å². The molecule has 1 atom stereocenters. The van der Waals surface area contributed by atoms with Crippen molar-refractivity contribution in [2.24, 2.45) is 17.5 Å². The van der Waals surface area contributed by atoms with Crippen LogP contribution in [-0.4, -0.2) is 34.1 Å². The number of amides is 1. The molecule has 0 spiro atoms. The van der Waals surface area contributed by atoms with Crippen molar-refractivity contribution in [2.75, 3.05) is 18.5 Å². The van der Waals surface area contributed by atoms with Gasteiger partial charge in [-0.05, 0) is 19.4 Å². The molecule has 1 saturated heterocycles. The van der Waals surface area contributed by atoms with Crippen LogP contribution in [0, 0.1) is 5.92 Å². The van der Waals surface area contributed by atoms with Crippen molar-refractivity contribution < 1.29 is 4.79 Å². The van der Waals surface area contributed by atoms with Crippen molar-refractivity contribution in [2.45, 2.75) is 19.4 Å². The number of hydrazine groups is 1. The minimum Gasteiger partial charge on any atom is -0.369 e. The largest absolute Gasteiger partial charge is 0.369 e. The molecule has 7 nitrogen and oxygen atoms in total. The summed E-state index contributed by atoms with van der Waals surface area (Å²) in [5.74, 6) is 4.99. The molecule has 0 aromatic carbocycles. The lowest BCUT2D eigenvalue weighted by Gasteiger charge is -2.30. The van der Waals surface area contributed by atoms with E-state index in [2.05, 4.69) is 20.5 Å². The fourth-order valence-electron chi connectivity index (χ4n) is 2.00. The number of primary amides is 1. The van der Waals surface area contributed by atoms with Crippen LogP contribution in [0.3, 0.4) is 0 Å². The van der Waals surface area contributed by atoms with Gasteiger partial charge in [0.15, 0.2) is 0 Å². The summed E-state index contributed by atoms with van der Waals surface area (Å²) < 4.78 is 0. The number of nitrogens with two attached hydrogens (primary N) is 2. The lowest BCUT2D eigenvalue weighted by molar-refractivity contribution is -0.123. The summed E-state index contributed by atoms with van der Waals surface area (Å²) in [5.41, 5.74) is 7.79. The number of aromatic nitrogens is 2. The monoisotopic (exact) mass is 256 g/mol. The number of anilines is 1. The number of hydrogen-bond donors (Lipinski definition) is 3. The maximum absolute atomic E-state index is 11.1. The first-order chi connectivity index (χ1) is 8.19. The van der Waals surface area contributed by atoms with Gasteiger partial charge in [-0.25, -0.2) is 5.84 Å². The smallest absolute Gasteiger partial charge is 0.221 e. The second-order valence-electron chi connectivity index (χ2n) is 4.12. The van der Waals surface area contributed by atoms with Crippen LogP contribution >= 0.6 is 11.3 Å². The molecule has 0 aliphatic carbocycles. The van der Waals surface area contributed by atoms with Crippen molar-refractivity contribution in [1.29, 1.82) is 0 Å². The van der Waals surface area contributed by atoms with Crippen molar-refractivity contribution in [3.05, 3.63) is 5.01 Å². The van der Waals surface area contributed by atoms with Crippen LogP contribution < -0.4 is 17.0 Å². The van der Waals surface area contributed by atoms with Crippen LogP contribution in [0.5, 0.6) is 0 Å². The highest BCUT2D eigenvalue weighted by atomic mass is 32.1. The minimum atomic E-state index is -0.212. The van der Waals surface area contributed by atoms with Gasteiger partial charge in [-0.15, -0.1) is 10.2 Å². The highest BCUT2D eigenvalue weighted by Gasteiger charge is 2.24. The number of rotatable bonds is 4. The van der Waals surface area contributed by atoms with Crippen LogP contribution in [0.25, 0.3) is 0 Å². The number of piperidine rings is 1. The van der Waals surface area contributed by atoms with Crippen molar-refractivity contribution in [3.63, 3.8) is 0 Å². The van der Waals surface area contributed by atoms with Gasteiger partial charge in [-0.3, -0.25) is 15.1 Å². The van der Waals surface area contributed by atoms with Crippen LogP contribution in [-0.2, 0) is 11.3 Å². The Morgan fingerprint density at radius 2 is 2.41 bits per heavy atom. The van der Waals surface area contributed by atoms with Crippen molar-refractivity contribution in [1.82, 2.24) is 15.1 Å². The molecule has 2 rings (SSSR count). The number of likely N-dealkylation sites (tertiary alicyclic amines) is 1. The zero-order chi connectivity index (χ0) is 12.3. The second-order valence-corrected chi connectivity index (χ2v) is 5.18. The van der Waals surface area contributed by atoms with E-state index in [0.717, 1.165) is 24.4 Å². The molecular formula is C9H16N6OS. The van der Waals surface area contributed by atoms with E-state index < -0.39 is 0 Å². The normalized spacial score (nSPS) is 21.4. The number of nitrogens with zero attached hydrogens (tertiary/aromatic N) is 3. The van der Waals surface area contributed by atoms with Gasteiger partial charge in [-0.2, -0.15) is 0 Å². The van der Waals surface area contributed by atoms with E-state index in [0.29, 0.717) is 18.2 Å². The molecule has 1 unspecified atom stereocenters. The summed E-state index contributed by atoms with van der Waals surface area (Å²) in [6.45, 7) is 2.37. The maximum atomic E-state index is 11.1. The third-order valence-electron chi connectivity index (χ3n) is 2.86. The standard InChI is InChI=1S/C9H16N6OS/c10-8(16)6-2-1-3-15(4-6)5-7-13-14-9(12-11)17-7/h6H,1-5,11H2,(H2,10,16)(H,12,14). The Morgan fingerprint density at radius 1 is 1.59 bits per heavy atom. The molecule has 1 aromatic rings. The SMILES string of the molecule is NNc1nnc(CN2CCCC(C(N)=O)C2)s1. The van der Waals surface area contributed by atoms with E-state index in [-0.39, 0.29) is 11.8 Å². The Morgan fingerprint density at radius 3 is 3.06 bits per heavy atom. The summed E-state index contributed by atoms with van der Waals surface area (Å²) in [4.78, 5) is 13.3. The predicted molar refractivity (Wildman–Crippen MR) is 64.9 cm³/mol. The third-order valence-corrected chi connectivity index (χ3v) is 3.70. The fraction of sp³-hybridized carbons (Fsp3) is 0.667. The average Bonchev–Trinajstić information content (AvgIpc) is 2.77. The molecule has 17 heavy (non-hydrogen) atoms. The Balaban J connectivity index is 1.92. The Kier molecular flexibility index (Phi) is 3.87. The van der Waals surface area contributed by atoms with Crippen LogP contribution in [0.15, 0.2) is 0 Å². The molecule has 0 radical (unpaired) electrons. The van der Waals surface area contributed by atoms with Crippen LogP contribution in [0.2, 0.25) is 0 Å². The van der Waals surface area contributed by atoms with E-state index in [1.54, 1.807) is 0 Å². The van der Waals surface area contributed by atoms with Gasteiger partial charge < -0.3 is 5.73 Å². The summed E-state index contributed by atoms with van der Waals surface area (Å²) in [5, 5.41) is 9.38. The molecule has 1 aromatic heterocycles. The summed E-state index contributed by atoms with van der Waals surface area (Å²) in [7, 11) is 0. The number of nitrogen functional groups attached to an aromatic ring is 1. The molecule has 5 N–H and O–H groups in total. The maximum Gasteiger partial charge on any atom is 0.221 e. The second kappa shape index (κ2) is 5.39. The molecular weight excluding hydrogens is 240 g/mol. The summed E-state index contributed by atoms with van der Waals surface area (Å²) >= 11 is 1.42. The van der Waals surface area contributed by atoms with Gasteiger partial charge in [0.1, 0.15) is 5.01 Å². The number of carbonyl (C=O) groups excluding carboxylic acids is 1. The molecule has 1 aliphatic heterocycles. The molecule has 0 bridgehead atoms. The zero-order valence-corrected chi connectivity index (χ0v) is 10.2. The highest BCUT2D eigenvalue weighted by molar-refractivity contribution is 7.15. The summed E-state index contributed by atoms with van der Waals surface area (Å²) in [6.07, 6.45) is 1.88. The first kappa shape index (κ1) is 12.2. The van der Waals surface area contributed by atoms with E-state index in [4.69, 9.17) is 11.6 Å². The van der Waals surface area contributed by atoms with Crippen LogP contribution in [0.1, 0.15) is 17.8 Å². The summed E-state index contributed by atoms with van der Waals surface area (Å²) in [6, 6.07) is 0. The Labute approximate surface area is 103 Å². The quantitative estimate of drug-likeness (QED) is 0.496. The predicted octanol–water partition coefficient (Wildman–Crippen LogP) is -0.479. The van der Waals surface area contributed by atoms with Crippen molar-refractivity contribution >= 4 is 22.4 Å². The Bertz CT molecular complexity index is 395. The average molecular weight is 256 g/mol. The van der Waals surface area contributed by atoms with Gasteiger partial charge >= 0.3 is 0 Å². The van der Waals surface area contributed by atoms with Gasteiger partial charge in [0.25, 0.3) is 0 Å². The highest BCUT2D eigenvalue weighted by Crippen LogP contribution is 2.20. The molecule has 94 valence electrons. The molecule has 8 heteroatoms. The Hall–Kier alpha value is -1.25. The van der Waals surface area contributed by atoms with E-state index in [1.165, 1.54) is 11.3 Å². The lowest BCUT2D eigenvalue weighted by atomic mass is 9.98. The van der Waals surface area contributed by atoms with E-state index >= 15 is 0 Å². The number of nitrogens with one attached hydrogen (secondary N) is 1. The van der Waals surface area contributed by atoms with E-state index in [1.807, 2.05) is 0 Å². The van der Waals surface area contributed by atoms with Crippen molar-refractivity contribution in [3.8, 4) is 0 Å². The fourth-order valence-corrected chi connectivity index (χ4v) is 2.69. The van der Waals surface area contributed by atoms with Gasteiger partial charge in [0.2, 0.25) is 11.0 Å². The van der Waals surface area contributed by atoms with Crippen LogP contribution in [0.4, 0.5) is 5.13 Å².